The van der Waals surface area contributed by atoms with E-state index >= 15 is 0 Å². The summed E-state index contributed by atoms with van der Waals surface area (Å²) in [6.45, 7) is 0. The first-order valence-electron chi connectivity index (χ1n) is 7.54. The van der Waals surface area contributed by atoms with Crippen LogP contribution < -0.4 is 5.32 Å². The number of para-hydroxylation sites is 1. The van der Waals surface area contributed by atoms with E-state index in [4.69, 9.17) is 11.6 Å². The van der Waals surface area contributed by atoms with Gasteiger partial charge in [0.15, 0.2) is 0 Å². The van der Waals surface area contributed by atoms with E-state index in [2.05, 4.69) is 10.3 Å². The second-order valence-electron chi connectivity index (χ2n) is 5.70. The average Bonchev–Trinajstić information content (AvgIpc) is 2.99. The summed E-state index contributed by atoms with van der Waals surface area (Å²) in [4.78, 5) is 16.7. The molecular weight excluding hydrogens is 326 g/mol. The molecule has 0 spiro atoms. The summed E-state index contributed by atoms with van der Waals surface area (Å²) in [5.41, 5.74) is 2.49. The first-order valence-corrected chi connectivity index (χ1v) is 7.92. The van der Waals surface area contributed by atoms with E-state index in [0.29, 0.717) is 17.3 Å². The number of aromatic hydroxyl groups is 1. The van der Waals surface area contributed by atoms with Crippen LogP contribution in [-0.2, 0) is 4.79 Å². The largest absolute Gasteiger partial charge is 0.508 e. The van der Waals surface area contributed by atoms with Crippen molar-refractivity contribution >= 4 is 23.3 Å². The van der Waals surface area contributed by atoms with Crippen LogP contribution in [0.3, 0.4) is 0 Å². The topological polar surface area (TPSA) is 67.1 Å². The predicted molar refractivity (Wildman–Crippen MR) is 91.8 cm³/mol. The van der Waals surface area contributed by atoms with Gasteiger partial charge in [-0.25, -0.2) is 4.98 Å². The zero-order valence-electron chi connectivity index (χ0n) is 12.6. The van der Waals surface area contributed by atoms with Crippen LogP contribution >= 0.6 is 11.6 Å². The van der Waals surface area contributed by atoms with Crippen LogP contribution in [0.25, 0.3) is 5.69 Å². The van der Waals surface area contributed by atoms with Gasteiger partial charge in [-0.1, -0.05) is 35.9 Å². The SMILES string of the molecule is O=C1CC(c2ccc(O)cc2)c2ncn(-c3ccccc3Cl)c2N1. The van der Waals surface area contributed by atoms with E-state index < -0.39 is 0 Å². The number of rotatable bonds is 2. The van der Waals surface area contributed by atoms with Crippen molar-refractivity contribution in [2.45, 2.75) is 12.3 Å². The van der Waals surface area contributed by atoms with E-state index in [0.717, 1.165) is 16.9 Å². The van der Waals surface area contributed by atoms with Crippen molar-refractivity contribution in [3.63, 3.8) is 0 Å². The zero-order valence-corrected chi connectivity index (χ0v) is 13.4. The molecule has 3 aromatic rings. The van der Waals surface area contributed by atoms with Gasteiger partial charge in [-0.2, -0.15) is 0 Å². The Labute approximate surface area is 143 Å². The van der Waals surface area contributed by atoms with Crippen LogP contribution in [0, 0.1) is 0 Å². The molecule has 1 atom stereocenters. The second kappa shape index (κ2) is 5.69. The molecule has 120 valence electrons. The molecule has 1 aromatic heterocycles. The Morgan fingerprint density at radius 3 is 2.67 bits per heavy atom. The van der Waals surface area contributed by atoms with Gasteiger partial charge in [0.1, 0.15) is 17.9 Å². The Morgan fingerprint density at radius 1 is 1.17 bits per heavy atom. The van der Waals surface area contributed by atoms with Crippen LogP contribution in [0.2, 0.25) is 5.02 Å². The lowest BCUT2D eigenvalue weighted by Crippen LogP contribution is -2.24. The average molecular weight is 340 g/mol. The van der Waals surface area contributed by atoms with Gasteiger partial charge >= 0.3 is 0 Å². The minimum absolute atomic E-state index is 0.0746. The Kier molecular flexibility index (Phi) is 3.50. The molecule has 1 amide bonds. The van der Waals surface area contributed by atoms with Crippen LogP contribution in [-0.4, -0.2) is 20.6 Å². The molecule has 0 radical (unpaired) electrons. The quantitative estimate of drug-likeness (QED) is 0.748. The van der Waals surface area contributed by atoms with E-state index in [9.17, 15) is 9.90 Å². The van der Waals surface area contributed by atoms with Crippen molar-refractivity contribution in [3.8, 4) is 11.4 Å². The molecule has 4 rings (SSSR count). The van der Waals surface area contributed by atoms with Gasteiger partial charge in [0.05, 0.1) is 16.4 Å². The van der Waals surface area contributed by atoms with E-state index in [1.807, 2.05) is 30.3 Å². The number of nitrogens with one attached hydrogen (secondary N) is 1. The number of aromatic nitrogens is 2. The molecule has 2 aromatic carbocycles. The number of benzene rings is 2. The summed E-state index contributed by atoms with van der Waals surface area (Å²) in [5.74, 6) is 0.603. The molecule has 2 N–H and O–H groups in total. The summed E-state index contributed by atoms with van der Waals surface area (Å²) in [7, 11) is 0. The number of imidazole rings is 1. The van der Waals surface area contributed by atoms with Gasteiger partial charge in [-0.3, -0.25) is 9.36 Å². The van der Waals surface area contributed by atoms with Crippen molar-refractivity contribution in [3.05, 3.63) is 71.1 Å². The van der Waals surface area contributed by atoms with Gasteiger partial charge in [0.25, 0.3) is 0 Å². The molecule has 0 saturated heterocycles. The maximum Gasteiger partial charge on any atom is 0.226 e. The smallest absolute Gasteiger partial charge is 0.226 e. The molecule has 1 aliphatic rings. The highest BCUT2D eigenvalue weighted by Crippen LogP contribution is 2.38. The molecule has 2 heterocycles. The summed E-state index contributed by atoms with van der Waals surface area (Å²) < 4.78 is 1.79. The number of carbonyl (C=O) groups is 1. The highest BCUT2D eigenvalue weighted by molar-refractivity contribution is 6.32. The van der Waals surface area contributed by atoms with Crippen molar-refractivity contribution in [2.24, 2.45) is 0 Å². The molecule has 0 fully saturated rings. The Hall–Kier alpha value is -2.79. The summed E-state index contributed by atoms with van der Waals surface area (Å²) in [6, 6.07) is 14.3. The highest BCUT2D eigenvalue weighted by atomic mass is 35.5. The first-order chi connectivity index (χ1) is 11.6. The highest BCUT2D eigenvalue weighted by Gasteiger charge is 2.31. The summed E-state index contributed by atoms with van der Waals surface area (Å²) in [6.07, 6.45) is 1.99. The number of phenolic OH excluding ortho intramolecular Hbond substituents is 1. The Bertz CT molecular complexity index is 918. The maximum atomic E-state index is 12.2. The number of halogens is 1. The van der Waals surface area contributed by atoms with Crippen molar-refractivity contribution < 1.29 is 9.90 Å². The molecule has 5 nitrogen and oxygen atoms in total. The summed E-state index contributed by atoms with van der Waals surface area (Å²) >= 11 is 6.28. The third-order valence-electron chi connectivity index (χ3n) is 4.18. The lowest BCUT2D eigenvalue weighted by molar-refractivity contribution is -0.116. The number of nitrogens with zero attached hydrogens (tertiary/aromatic N) is 2. The van der Waals surface area contributed by atoms with Gasteiger partial charge in [-0.05, 0) is 29.8 Å². The molecule has 0 saturated carbocycles. The predicted octanol–water partition coefficient (Wildman–Crippen LogP) is 3.71. The number of anilines is 1. The molecule has 24 heavy (non-hydrogen) atoms. The number of hydrogen-bond donors (Lipinski definition) is 2. The fourth-order valence-electron chi connectivity index (χ4n) is 3.02. The Balaban J connectivity index is 1.83. The molecule has 6 heteroatoms. The standard InChI is InChI=1S/C18H14ClN3O2/c19-14-3-1-2-4-15(14)22-10-20-17-13(9-16(24)21-18(17)22)11-5-7-12(23)8-6-11/h1-8,10,13,23H,9H2,(H,21,24). The van der Waals surface area contributed by atoms with Crippen LogP contribution in [0.5, 0.6) is 5.75 Å². The van der Waals surface area contributed by atoms with Crippen LogP contribution in [0.1, 0.15) is 23.6 Å². The van der Waals surface area contributed by atoms with E-state index in [1.54, 1.807) is 29.1 Å². The van der Waals surface area contributed by atoms with Crippen molar-refractivity contribution in [1.82, 2.24) is 9.55 Å². The third-order valence-corrected chi connectivity index (χ3v) is 4.50. The monoisotopic (exact) mass is 339 g/mol. The number of fused-ring (bicyclic) bond motifs is 1. The number of hydrogen-bond acceptors (Lipinski definition) is 3. The first kappa shape index (κ1) is 14.8. The molecular formula is C18H14ClN3O2. The fraction of sp³-hybridized carbons (Fsp3) is 0.111. The molecule has 1 aliphatic heterocycles. The maximum absolute atomic E-state index is 12.2. The zero-order chi connectivity index (χ0) is 16.7. The fourth-order valence-corrected chi connectivity index (χ4v) is 3.25. The van der Waals surface area contributed by atoms with E-state index in [1.165, 1.54) is 0 Å². The van der Waals surface area contributed by atoms with E-state index in [-0.39, 0.29) is 17.6 Å². The van der Waals surface area contributed by atoms with Crippen LogP contribution in [0.4, 0.5) is 5.82 Å². The van der Waals surface area contributed by atoms with Crippen molar-refractivity contribution in [1.29, 1.82) is 0 Å². The molecule has 0 bridgehead atoms. The van der Waals surface area contributed by atoms with Gasteiger partial charge < -0.3 is 10.4 Å². The Morgan fingerprint density at radius 2 is 1.92 bits per heavy atom. The minimum atomic E-state index is -0.155. The summed E-state index contributed by atoms with van der Waals surface area (Å²) in [5, 5.41) is 13.0. The number of phenols is 1. The van der Waals surface area contributed by atoms with Gasteiger partial charge in [-0.15, -0.1) is 0 Å². The normalized spacial score (nSPS) is 16.5. The number of amides is 1. The third kappa shape index (κ3) is 2.43. The van der Waals surface area contributed by atoms with Crippen LogP contribution in [0.15, 0.2) is 54.9 Å². The van der Waals surface area contributed by atoms with Gasteiger partial charge in [0, 0.05) is 12.3 Å². The molecule has 0 aliphatic carbocycles. The molecule has 1 unspecified atom stereocenters. The van der Waals surface area contributed by atoms with Gasteiger partial charge in [0.2, 0.25) is 5.91 Å². The van der Waals surface area contributed by atoms with Crippen molar-refractivity contribution in [2.75, 3.05) is 5.32 Å². The lowest BCUT2D eigenvalue weighted by Gasteiger charge is -2.23. The minimum Gasteiger partial charge on any atom is -0.508 e. The second-order valence-corrected chi connectivity index (χ2v) is 6.10. The lowest BCUT2D eigenvalue weighted by atomic mass is 9.90. The number of carbonyl (C=O) groups excluding carboxylic acids is 1.